The van der Waals surface area contributed by atoms with Gasteiger partial charge in [-0.25, -0.2) is 0 Å². The fourth-order valence-corrected chi connectivity index (χ4v) is 3.51. The average molecular weight is 361 g/mol. The molecule has 0 aliphatic rings. The monoisotopic (exact) mass is 361 g/mol. The number of aromatic amines is 1. The van der Waals surface area contributed by atoms with E-state index in [1.54, 1.807) is 0 Å². The van der Waals surface area contributed by atoms with Crippen LogP contribution in [0.25, 0.3) is 11.1 Å². The number of benzene rings is 2. The molecule has 0 saturated heterocycles. The van der Waals surface area contributed by atoms with Crippen LogP contribution in [0.3, 0.4) is 0 Å². The Hall–Kier alpha value is -2.22. The molecule has 1 aromatic heterocycles. The molecule has 0 fully saturated rings. The van der Waals surface area contributed by atoms with Gasteiger partial charge < -0.3 is 0 Å². The third-order valence-electron chi connectivity index (χ3n) is 3.63. The zero-order valence-electron chi connectivity index (χ0n) is 13.6. The van der Waals surface area contributed by atoms with Crippen molar-refractivity contribution in [2.45, 2.75) is 12.5 Å². The van der Waals surface area contributed by atoms with Gasteiger partial charge in [0, 0.05) is 0 Å². The Bertz CT molecular complexity index is 807. The van der Waals surface area contributed by atoms with Gasteiger partial charge >= 0.3 is 144 Å². The minimum atomic E-state index is -4.93. The van der Waals surface area contributed by atoms with Crippen LogP contribution in [0.5, 0.6) is 0 Å². The summed E-state index contributed by atoms with van der Waals surface area (Å²) in [6.07, 6.45) is 0.349. The van der Waals surface area contributed by atoms with Gasteiger partial charge in [0.05, 0.1) is 0 Å². The molecule has 0 radical (unpaired) electrons. The maximum atomic E-state index is 9.77. The summed E-state index contributed by atoms with van der Waals surface area (Å²) in [5, 5.41) is 16.0. The van der Waals surface area contributed by atoms with E-state index in [9.17, 15) is 14.7 Å². The molecule has 0 aliphatic heterocycles. The van der Waals surface area contributed by atoms with Crippen LogP contribution in [0.4, 0.5) is 0 Å². The van der Waals surface area contributed by atoms with E-state index in [1.165, 1.54) is 0 Å². The Morgan fingerprint density at radius 3 is 2.20 bits per heavy atom. The molecule has 0 unspecified atom stereocenters. The zero-order chi connectivity index (χ0) is 17.9. The van der Waals surface area contributed by atoms with E-state index in [0.29, 0.717) is 6.42 Å². The summed E-state index contributed by atoms with van der Waals surface area (Å²) in [6.45, 7) is 0.956. The molecule has 2 aromatic carbocycles. The van der Waals surface area contributed by atoms with Gasteiger partial charge in [0.2, 0.25) is 0 Å². The summed E-state index contributed by atoms with van der Waals surface area (Å²) < 4.78 is 0. The Kier molecular flexibility index (Phi) is 4.64. The second kappa shape index (κ2) is 6.59. The number of hydrogen-bond acceptors (Lipinski definition) is 7. The molecule has 1 atom stereocenters. The van der Waals surface area contributed by atoms with E-state index in [4.69, 9.17) is 0 Å². The van der Waals surface area contributed by atoms with Gasteiger partial charge in [0.25, 0.3) is 0 Å². The average Bonchev–Trinajstić information content (AvgIpc) is 3.08. The number of nitrogens with zero attached hydrogens (tertiary/aromatic N) is 3. The zero-order valence-corrected chi connectivity index (χ0v) is 14.5. The van der Waals surface area contributed by atoms with Crippen molar-refractivity contribution in [1.82, 2.24) is 25.7 Å². The molecule has 0 amide bonds. The van der Waals surface area contributed by atoms with Crippen LogP contribution in [0.1, 0.15) is 17.4 Å². The normalized spacial score (nSPS) is 14.6. The Morgan fingerprint density at radius 1 is 1.00 bits per heavy atom. The van der Waals surface area contributed by atoms with Crippen LogP contribution in [0.15, 0.2) is 54.6 Å². The predicted octanol–water partition coefficient (Wildman–Crippen LogP) is 1.56. The second-order valence-electron chi connectivity index (χ2n) is 6.11. The van der Waals surface area contributed by atoms with Crippen molar-refractivity contribution in [3.63, 3.8) is 0 Å². The molecule has 5 N–H and O–H groups in total. The number of tetrazole rings is 1. The van der Waals surface area contributed by atoms with Crippen LogP contribution in [0, 0.1) is 0 Å². The fraction of sp³-hybridized carbons (Fsp3) is 0.188. The van der Waals surface area contributed by atoms with Gasteiger partial charge in [0.1, 0.15) is 0 Å². The van der Waals surface area contributed by atoms with E-state index in [-0.39, 0.29) is 5.82 Å². The summed E-state index contributed by atoms with van der Waals surface area (Å²) in [4.78, 5) is 29.3. The van der Waals surface area contributed by atoms with E-state index < -0.39 is 13.5 Å². The molecule has 0 bridgehead atoms. The number of H-pyrrole nitrogens is 1. The molecule has 0 spiro atoms. The first kappa shape index (κ1) is 17.6. The number of hydrogen-bond donors (Lipinski definition) is 5. The van der Waals surface area contributed by atoms with E-state index in [2.05, 4.69) is 25.7 Å². The number of rotatable bonds is 6. The summed E-state index contributed by atoms with van der Waals surface area (Å²) in [5.41, 5.74) is 3.11. The Balaban J connectivity index is 1.80. The number of nitrogens with one attached hydrogen (secondary N) is 2. The molecule has 132 valence electrons. The first-order valence-corrected chi connectivity index (χ1v) is 10.2. The van der Waals surface area contributed by atoms with Crippen molar-refractivity contribution in [3.05, 3.63) is 66.0 Å². The standard InChI is InChI=1S/C16H20N5O3P/c1-25(22,23,24)19-15(16-17-20-21-18-16)11-12-7-9-14(10-8-12)13-5-3-2-4-6-13/h2-10,15,19,22-24H,11H2,1H3,(H,17,18,20,21)/t15-/m0/s1. The van der Waals surface area contributed by atoms with Crippen molar-refractivity contribution in [2.24, 2.45) is 0 Å². The van der Waals surface area contributed by atoms with Crippen LogP contribution in [0.2, 0.25) is 0 Å². The van der Waals surface area contributed by atoms with Gasteiger partial charge in [-0.15, -0.1) is 0 Å². The summed E-state index contributed by atoms with van der Waals surface area (Å²) in [7, 11) is -4.93. The Morgan fingerprint density at radius 2 is 1.64 bits per heavy atom. The molecule has 1 heterocycles. The first-order valence-electron chi connectivity index (χ1n) is 7.69. The molecule has 3 rings (SSSR count). The summed E-state index contributed by atoms with van der Waals surface area (Å²) in [6, 6.07) is 17.1. The third kappa shape index (κ3) is 5.12. The van der Waals surface area contributed by atoms with Gasteiger partial charge in [0.15, 0.2) is 0 Å². The summed E-state index contributed by atoms with van der Waals surface area (Å²) >= 11 is 0. The second-order valence-corrected chi connectivity index (χ2v) is 9.15. The van der Waals surface area contributed by atoms with Gasteiger partial charge in [-0.2, -0.15) is 0 Å². The van der Waals surface area contributed by atoms with Crippen molar-refractivity contribution >= 4 is 7.43 Å². The molecule has 8 nitrogen and oxygen atoms in total. The molecular weight excluding hydrogens is 341 g/mol. The van der Waals surface area contributed by atoms with Crippen molar-refractivity contribution in [2.75, 3.05) is 6.66 Å². The van der Waals surface area contributed by atoms with Crippen molar-refractivity contribution < 1.29 is 14.7 Å². The summed E-state index contributed by atoms with van der Waals surface area (Å²) in [5.74, 6) is 0.236. The topological polar surface area (TPSA) is 127 Å². The van der Waals surface area contributed by atoms with Crippen LogP contribution < -0.4 is 5.09 Å². The molecule has 9 heteroatoms. The van der Waals surface area contributed by atoms with Crippen LogP contribution in [-0.2, 0) is 6.42 Å². The maximum absolute atomic E-state index is 9.77. The molecule has 25 heavy (non-hydrogen) atoms. The van der Waals surface area contributed by atoms with Gasteiger partial charge in [-0.3, -0.25) is 0 Å². The van der Waals surface area contributed by atoms with E-state index in [1.807, 2.05) is 54.6 Å². The van der Waals surface area contributed by atoms with E-state index >= 15 is 0 Å². The van der Waals surface area contributed by atoms with Gasteiger partial charge in [-0.05, 0) is 0 Å². The fourth-order valence-electron chi connectivity index (χ4n) is 2.58. The Labute approximate surface area is 144 Å². The molecular formula is C16H20N5O3P. The quantitative estimate of drug-likeness (QED) is 0.422. The SMILES string of the molecule is CP(O)(O)(O)N[C@@H](Cc1ccc(-c2ccccc2)cc1)c1nn[nH]n1. The molecule has 3 aromatic rings. The van der Waals surface area contributed by atoms with Crippen molar-refractivity contribution in [1.29, 1.82) is 0 Å². The van der Waals surface area contributed by atoms with Crippen LogP contribution in [-0.4, -0.2) is 42.0 Å². The van der Waals surface area contributed by atoms with Gasteiger partial charge in [-0.1, -0.05) is 0 Å². The molecule has 0 aliphatic carbocycles. The first-order chi connectivity index (χ1) is 11.8. The van der Waals surface area contributed by atoms with E-state index in [0.717, 1.165) is 23.4 Å². The third-order valence-corrected chi connectivity index (χ3v) is 4.55. The predicted molar refractivity (Wildman–Crippen MR) is 95.1 cm³/mol. The van der Waals surface area contributed by atoms with Crippen molar-refractivity contribution in [3.8, 4) is 11.1 Å². The molecule has 0 saturated carbocycles. The minimum absolute atomic E-state index is 0.236. The number of aromatic nitrogens is 4. The van der Waals surface area contributed by atoms with Crippen LogP contribution >= 0.6 is 7.43 Å².